The van der Waals surface area contributed by atoms with E-state index in [1.165, 1.54) is 6.07 Å². The highest BCUT2D eigenvalue weighted by atomic mass is 79.9. The molecule has 1 aromatic rings. The highest BCUT2D eigenvalue weighted by molar-refractivity contribution is 9.10. The summed E-state index contributed by atoms with van der Waals surface area (Å²) in [6.07, 6.45) is -0.133. The molecular formula is C13H20BrN3O3S. The number of hydrogen-bond acceptors (Lipinski definition) is 5. The summed E-state index contributed by atoms with van der Waals surface area (Å²) < 4.78 is 33.6. The maximum absolute atomic E-state index is 12.4. The van der Waals surface area contributed by atoms with E-state index in [4.69, 9.17) is 10.5 Å². The highest BCUT2D eigenvalue weighted by Gasteiger charge is 2.23. The number of sulfonamides is 1. The van der Waals surface area contributed by atoms with Crippen LogP contribution < -0.4 is 10.5 Å². The van der Waals surface area contributed by atoms with Crippen molar-refractivity contribution in [3.05, 3.63) is 22.2 Å². The minimum absolute atomic E-state index is 0.133. The van der Waals surface area contributed by atoms with Crippen LogP contribution in [0.1, 0.15) is 5.56 Å². The molecule has 1 aliphatic heterocycles. The van der Waals surface area contributed by atoms with Crippen LogP contribution in [0.25, 0.3) is 0 Å². The zero-order chi connectivity index (χ0) is 15.6. The van der Waals surface area contributed by atoms with E-state index in [-0.39, 0.29) is 17.5 Å². The topological polar surface area (TPSA) is 84.7 Å². The van der Waals surface area contributed by atoms with Gasteiger partial charge in [0.05, 0.1) is 17.6 Å². The molecule has 1 atom stereocenters. The molecule has 3 N–H and O–H groups in total. The largest absolute Gasteiger partial charge is 0.398 e. The van der Waals surface area contributed by atoms with Crippen LogP contribution in [-0.4, -0.2) is 52.7 Å². The van der Waals surface area contributed by atoms with Gasteiger partial charge in [-0.15, -0.1) is 0 Å². The fraction of sp³-hybridized carbons (Fsp3) is 0.538. The van der Waals surface area contributed by atoms with Gasteiger partial charge in [0.25, 0.3) is 0 Å². The number of nitrogen functional groups attached to an aromatic ring is 1. The molecule has 0 bridgehead atoms. The van der Waals surface area contributed by atoms with Crippen molar-refractivity contribution in [3.8, 4) is 0 Å². The summed E-state index contributed by atoms with van der Waals surface area (Å²) >= 11 is 3.29. The van der Waals surface area contributed by atoms with Crippen molar-refractivity contribution in [3.63, 3.8) is 0 Å². The molecular weight excluding hydrogens is 358 g/mol. The number of morpholine rings is 1. The Morgan fingerprint density at radius 1 is 1.52 bits per heavy atom. The van der Waals surface area contributed by atoms with Gasteiger partial charge in [-0.3, -0.25) is 0 Å². The Morgan fingerprint density at radius 2 is 2.24 bits per heavy atom. The fourth-order valence-electron chi connectivity index (χ4n) is 2.23. The van der Waals surface area contributed by atoms with Crippen molar-refractivity contribution in [2.75, 3.05) is 39.0 Å². The van der Waals surface area contributed by atoms with Crippen molar-refractivity contribution < 1.29 is 13.2 Å². The van der Waals surface area contributed by atoms with E-state index in [9.17, 15) is 8.42 Å². The van der Waals surface area contributed by atoms with Crippen LogP contribution in [0.2, 0.25) is 0 Å². The molecule has 8 heteroatoms. The molecule has 1 aliphatic rings. The van der Waals surface area contributed by atoms with E-state index in [1.54, 1.807) is 13.0 Å². The van der Waals surface area contributed by atoms with E-state index >= 15 is 0 Å². The Morgan fingerprint density at radius 3 is 2.90 bits per heavy atom. The van der Waals surface area contributed by atoms with E-state index in [0.717, 1.165) is 6.54 Å². The number of benzene rings is 1. The number of halogens is 1. The van der Waals surface area contributed by atoms with Crippen LogP contribution in [-0.2, 0) is 14.8 Å². The maximum Gasteiger partial charge on any atom is 0.240 e. The first-order valence-corrected chi connectivity index (χ1v) is 8.92. The van der Waals surface area contributed by atoms with Crippen molar-refractivity contribution >= 4 is 31.6 Å². The lowest BCUT2D eigenvalue weighted by molar-refractivity contribution is -0.0156. The standard InChI is InChI=1S/C13H20BrN3O3S/c1-9-5-11(14)12(15)6-13(9)21(18,19)16-7-10-8-17(2)3-4-20-10/h5-6,10,16H,3-4,7-8,15H2,1-2H3. The number of rotatable bonds is 4. The Balaban J connectivity index is 2.10. The molecule has 1 aromatic carbocycles. The summed E-state index contributed by atoms with van der Waals surface area (Å²) in [5.41, 5.74) is 6.81. The highest BCUT2D eigenvalue weighted by Crippen LogP contribution is 2.26. The van der Waals surface area contributed by atoms with Crippen LogP contribution in [0, 0.1) is 6.92 Å². The second-order valence-electron chi connectivity index (χ2n) is 5.25. The Hall–Kier alpha value is -0.670. The number of aryl methyl sites for hydroxylation is 1. The molecule has 6 nitrogen and oxygen atoms in total. The van der Waals surface area contributed by atoms with Crippen LogP contribution in [0.15, 0.2) is 21.5 Å². The monoisotopic (exact) mass is 377 g/mol. The van der Waals surface area contributed by atoms with Gasteiger partial charge in [-0.1, -0.05) is 0 Å². The van der Waals surface area contributed by atoms with Gasteiger partial charge >= 0.3 is 0 Å². The smallest absolute Gasteiger partial charge is 0.240 e. The summed E-state index contributed by atoms with van der Waals surface area (Å²) in [7, 11) is -1.61. The lowest BCUT2D eigenvalue weighted by atomic mass is 10.2. The average Bonchev–Trinajstić information content (AvgIpc) is 2.41. The van der Waals surface area contributed by atoms with Gasteiger partial charge in [0.1, 0.15) is 0 Å². The van der Waals surface area contributed by atoms with Crippen LogP contribution in [0.4, 0.5) is 5.69 Å². The van der Waals surface area contributed by atoms with E-state index < -0.39 is 10.0 Å². The van der Waals surface area contributed by atoms with E-state index in [2.05, 4.69) is 25.6 Å². The first kappa shape index (κ1) is 16.7. The molecule has 1 heterocycles. The molecule has 0 aliphatic carbocycles. The van der Waals surface area contributed by atoms with Crippen molar-refractivity contribution in [2.24, 2.45) is 0 Å². The van der Waals surface area contributed by atoms with E-state index in [1.807, 2.05) is 7.05 Å². The number of ether oxygens (including phenoxy) is 1. The van der Waals surface area contributed by atoms with Gasteiger partial charge < -0.3 is 15.4 Å². The van der Waals surface area contributed by atoms with Gasteiger partial charge in [-0.05, 0) is 47.6 Å². The minimum Gasteiger partial charge on any atom is -0.398 e. The molecule has 21 heavy (non-hydrogen) atoms. The number of hydrogen-bond donors (Lipinski definition) is 2. The third-order valence-corrected chi connectivity index (χ3v) is 5.68. The van der Waals surface area contributed by atoms with Gasteiger partial charge in [0.15, 0.2) is 0 Å². The number of nitrogens with one attached hydrogen (secondary N) is 1. The van der Waals surface area contributed by atoms with E-state index in [0.29, 0.717) is 28.9 Å². The molecule has 0 spiro atoms. The van der Waals surface area contributed by atoms with Crippen molar-refractivity contribution in [1.82, 2.24) is 9.62 Å². The minimum atomic E-state index is -3.60. The van der Waals surface area contributed by atoms with Gasteiger partial charge in [-0.2, -0.15) is 0 Å². The number of anilines is 1. The van der Waals surface area contributed by atoms with Crippen LogP contribution >= 0.6 is 15.9 Å². The van der Waals surface area contributed by atoms with Crippen molar-refractivity contribution in [1.29, 1.82) is 0 Å². The summed E-state index contributed by atoms with van der Waals surface area (Å²) in [6, 6.07) is 3.17. The molecule has 2 rings (SSSR count). The van der Waals surface area contributed by atoms with Crippen molar-refractivity contribution in [2.45, 2.75) is 17.9 Å². The SMILES string of the molecule is Cc1cc(Br)c(N)cc1S(=O)(=O)NCC1CN(C)CCO1. The summed E-state index contributed by atoms with van der Waals surface area (Å²) in [5, 5.41) is 0. The second-order valence-corrected chi connectivity index (χ2v) is 7.84. The lowest BCUT2D eigenvalue weighted by Crippen LogP contribution is -2.45. The first-order valence-electron chi connectivity index (χ1n) is 6.65. The predicted octanol–water partition coefficient (Wildman–Crippen LogP) is 0.949. The molecule has 1 saturated heterocycles. The molecule has 1 fully saturated rings. The second kappa shape index (κ2) is 6.62. The number of nitrogens with zero attached hydrogens (tertiary/aromatic N) is 1. The average molecular weight is 378 g/mol. The van der Waals surface area contributed by atoms with Gasteiger partial charge in [0.2, 0.25) is 10.0 Å². The Kier molecular flexibility index (Phi) is 5.26. The quantitative estimate of drug-likeness (QED) is 0.763. The molecule has 0 saturated carbocycles. The molecule has 0 radical (unpaired) electrons. The van der Waals surface area contributed by atoms with Crippen LogP contribution in [0.3, 0.4) is 0 Å². The molecule has 0 amide bonds. The summed E-state index contributed by atoms with van der Waals surface area (Å²) in [4.78, 5) is 2.32. The lowest BCUT2D eigenvalue weighted by Gasteiger charge is -2.30. The molecule has 1 unspecified atom stereocenters. The number of nitrogens with two attached hydrogens (primary N) is 1. The third kappa shape index (κ3) is 4.17. The molecule has 0 aromatic heterocycles. The Bertz CT molecular complexity index is 621. The third-order valence-electron chi connectivity index (χ3n) is 3.43. The maximum atomic E-state index is 12.4. The zero-order valence-electron chi connectivity index (χ0n) is 12.1. The number of likely N-dealkylation sites (N-methyl/N-ethyl adjacent to an activating group) is 1. The zero-order valence-corrected chi connectivity index (χ0v) is 14.5. The summed E-state index contributed by atoms with van der Waals surface area (Å²) in [6.45, 7) is 4.19. The van der Waals surface area contributed by atoms with Gasteiger partial charge in [-0.25, -0.2) is 13.1 Å². The van der Waals surface area contributed by atoms with Crippen LogP contribution in [0.5, 0.6) is 0 Å². The summed E-state index contributed by atoms with van der Waals surface area (Å²) in [5.74, 6) is 0. The fourth-order valence-corrected chi connectivity index (χ4v) is 4.01. The normalized spacial score (nSPS) is 20.6. The Labute approximate surface area is 133 Å². The molecule has 118 valence electrons. The van der Waals surface area contributed by atoms with Gasteiger partial charge in [0, 0.05) is 29.8 Å². The predicted molar refractivity (Wildman–Crippen MR) is 85.7 cm³/mol. The first-order chi connectivity index (χ1) is 9.79.